The molecule has 2 unspecified atom stereocenters. The zero-order valence-corrected chi connectivity index (χ0v) is 10.0. The van der Waals surface area contributed by atoms with Crippen molar-refractivity contribution >= 4 is 5.91 Å². The summed E-state index contributed by atoms with van der Waals surface area (Å²) >= 11 is 0. The van der Waals surface area contributed by atoms with Gasteiger partial charge in [0.25, 0.3) is 0 Å². The molecule has 0 rings (SSSR count). The average molecular weight is 200 g/mol. The summed E-state index contributed by atoms with van der Waals surface area (Å²) in [4.78, 5) is 11.6. The molecule has 1 amide bonds. The Morgan fingerprint density at radius 1 is 1.29 bits per heavy atom. The zero-order valence-electron chi connectivity index (χ0n) is 10.0. The minimum Gasteiger partial charge on any atom is -0.352 e. The predicted octanol–water partition coefficient (Wildman–Crippen LogP) is 1.52. The van der Waals surface area contributed by atoms with Crippen LogP contribution >= 0.6 is 0 Å². The first-order chi connectivity index (χ1) is 6.40. The maximum absolute atomic E-state index is 11.6. The van der Waals surface area contributed by atoms with Gasteiger partial charge in [0, 0.05) is 6.04 Å². The predicted molar refractivity (Wildman–Crippen MR) is 59.9 cm³/mol. The first-order valence-electron chi connectivity index (χ1n) is 5.46. The van der Waals surface area contributed by atoms with Crippen LogP contribution in [-0.4, -0.2) is 18.0 Å². The van der Waals surface area contributed by atoms with Gasteiger partial charge in [0.15, 0.2) is 0 Å². The monoisotopic (exact) mass is 200 g/mol. The Morgan fingerprint density at radius 3 is 2.14 bits per heavy atom. The molecule has 0 aromatic heterocycles. The van der Waals surface area contributed by atoms with Crippen LogP contribution in [0.15, 0.2) is 0 Å². The van der Waals surface area contributed by atoms with Gasteiger partial charge in [0.1, 0.15) is 0 Å². The zero-order chi connectivity index (χ0) is 11.3. The normalized spacial score (nSPS) is 17.6. The Balaban J connectivity index is 4.05. The fourth-order valence-electron chi connectivity index (χ4n) is 1.12. The maximum atomic E-state index is 11.6. The van der Waals surface area contributed by atoms with E-state index in [0.29, 0.717) is 5.92 Å². The number of hydrogen-bond acceptors (Lipinski definition) is 2. The van der Waals surface area contributed by atoms with Crippen molar-refractivity contribution in [1.29, 1.82) is 0 Å². The highest BCUT2D eigenvalue weighted by Crippen LogP contribution is 2.07. The summed E-state index contributed by atoms with van der Waals surface area (Å²) in [6.45, 7) is 10.2. The van der Waals surface area contributed by atoms with Gasteiger partial charge >= 0.3 is 0 Å². The van der Waals surface area contributed by atoms with Gasteiger partial charge in [-0.05, 0) is 18.8 Å². The van der Waals surface area contributed by atoms with E-state index in [9.17, 15) is 4.79 Å². The van der Waals surface area contributed by atoms with Gasteiger partial charge in [0.05, 0.1) is 6.04 Å². The smallest absolute Gasteiger partial charge is 0.237 e. The lowest BCUT2D eigenvalue weighted by molar-refractivity contribution is -0.124. The summed E-state index contributed by atoms with van der Waals surface area (Å²) in [5.41, 5.74) is 5.74. The quantitative estimate of drug-likeness (QED) is 0.707. The number of carbonyl (C=O) groups excluding carboxylic acids is 1. The van der Waals surface area contributed by atoms with Crippen molar-refractivity contribution in [3.63, 3.8) is 0 Å². The van der Waals surface area contributed by atoms with Gasteiger partial charge in [0.2, 0.25) is 5.91 Å². The molecular formula is C11H24N2O. The summed E-state index contributed by atoms with van der Waals surface area (Å²) in [5.74, 6) is 0.658. The summed E-state index contributed by atoms with van der Waals surface area (Å²) in [6.07, 6.45) is 1.07. The molecule has 0 aliphatic carbocycles. The molecule has 0 aromatic rings. The van der Waals surface area contributed by atoms with Crippen molar-refractivity contribution in [2.75, 3.05) is 0 Å². The second kappa shape index (κ2) is 6.02. The topological polar surface area (TPSA) is 55.1 Å². The van der Waals surface area contributed by atoms with E-state index in [4.69, 9.17) is 5.73 Å². The lowest BCUT2D eigenvalue weighted by Crippen LogP contribution is -2.48. The Hall–Kier alpha value is -0.570. The van der Waals surface area contributed by atoms with Gasteiger partial charge in [-0.2, -0.15) is 0 Å². The van der Waals surface area contributed by atoms with E-state index in [1.54, 1.807) is 0 Å². The van der Waals surface area contributed by atoms with Crippen LogP contribution in [-0.2, 0) is 4.79 Å². The van der Waals surface area contributed by atoms with Crippen LogP contribution in [0.25, 0.3) is 0 Å². The molecule has 0 heterocycles. The highest BCUT2D eigenvalue weighted by molar-refractivity contribution is 5.81. The van der Waals surface area contributed by atoms with Gasteiger partial charge in [-0.25, -0.2) is 0 Å². The van der Waals surface area contributed by atoms with E-state index in [2.05, 4.69) is 19.2 Å². The van der Waals surface area contributed by atoms with E-state index in [1.165, 1.54) is 0 Å². The highest BCUT2D eigenvalue weighted by Gasteiger charge is 2.20. The van der Waals surface area contributed by atoms with E-state index in [0.717, 1.165) is 6.42 Å². The van der Waals surface area contributed by atoms with Gasteiger partial charge in [-0.15, -0.1) is 0 Å². The van der Waals surface area contributed by atoms with Crippen LogP contribution in [0.4, 0.5) is 0 Å². The van der Waals surface area contributed by atoms with E-state index < -0.39 is 0 Å². The molecule has 14 heavy (non-hydrogen) atoms. The van der Waals surface area contributed by atoms with Crippen LogP contribution in [0, 0.1) is 11.8 Å². The Morgan fingerprint density at radius 2 is 1.79 bits per heavy atom. The Kier molecular flexibility index (Phi) is 5.77. The first kappa shape index (κ1) is 13.4. The molecule has 0 bridgehead atoms. The molecule has 84 valence electrons. The van der Waals surface area contributed by atoms with Crippen molar-refractivity contribution < 1.29 is 4.79 Å². The number of nitrogens with two attached hydrogens (primary N) is 1. The van der Waals surface area contributed by atoms with E-state index in [1.807, 2.05) is 20.8 Å². The molecule has 0 fully saturated rings. The van der Waals surface area contributed by atoms with Crippen LogP contribution in [0.5, 0.6) is 0 Å². The first-order valence-corrected chi connectivity index (χ1v) is 5.46. The van der Waals surface area contributed by atoms with Gasteiger partial charge < -0.3 is 11.1 Å². The van der Waals surface area contributed by atoms with Gasteiger partial charge in [-0.3, -0.25) is 4.79 Å². The molecule has 0 aromatic carbocycles. The largest absolute Gasteiger partial charge is 0.352 e. The number of hydrogen-bond donors (Lipinski definition) is 2. The third-order valence-corrected chi connectivity index (χ3v) is 2.89. The Bertz CT molecular complexity index is 180. The molecule has 3 nitrogen and oxygen atoms in total. The van der Waals surface area contributed by atoms with Crippen molar-refractivity contribution in [2.24, 2.45) is 17.6 Å². The molecular weight excluding hydrogens is 176 g/mol. The molecule has 3 atom stereocenters. The maximum Gasteiger partial charge on any atom is 0.237 e. The number of carbonyl (C=O) groups is 1. The van der Waals surface area contributed by atoms with Crippen molar-refractivity contribution in [2.45, 2.75) is 53.1 Å². The van der Waals surface area contributed by atoms with Crippen molar-refractivity contribution in [1.82, 2.24) is 5.32 Å². The molecule has 0 aliphatic heterocycles. The molecule has 0 saturated carbocycles. The van der Waals surface area contributed by atoms with Crippen LogP contribution in [0.1, 0.15) is 41.0 Å². The van der Waals surface area contributed by atoms with E-state index >= 15 is 0 Å². The fraction of sp³-hybridized carbons (Fsp3) is 0.909. The van der Waals surface area contributed by atoms with Gasteiger partial charge in [-0.1, -0.05) is 34.1 Å². The molecule has 0 spiro atoms. The summed E-state index contributed by atoms with van der Waals surface area (Å²) < 4.78 is 0. The summed E-state index contributed by atoms with van der Waals surface area (Å²) in [6, 6.07) is -0.182. The third kappa shape index (κ3) is 4.09. The van der Waals surface area contributed by atoms with E-state index in [-0.39, 0.29) is 23.9 Å². The molecule has 3 N–H and O–H groups in total. The Labute approximate surface area is 87.4 Å². The standard InChI is InChI=1S/C11H24N2O/c1-6-8(4)9(5)13-11(14)10(12)7(2)3/h7-10H,6,12H2,1-5H3,(H,13,14)/t8?,9?,10-/m1/s1. The lowest BCUT2D eigenvalue weighted by atomic mass is 9.99. The number of rotatable bonds is 5. The molecule has 3 heteroatoms. The minimum atomic E-state index is -0.387. The average Bonchev–Trinajstić information content (AvgIpc) is 2.14. The van der Waals surface area contributed by atoms with Crippen LogP contribution in [0.3, 0.4) is 0 Å². The molecule has 0 saturated heterocycles. The second-order valence-corrected chi connectivity index (χ2v) is 4.45. The van der Waals surface area contributed by atoms with Crippen molar-refractivity contribution in [3.05, 3.63) is 0 Å². The lowest BCUT2D eigenvalue weighted by Gasteiger charge is -2.23. The number of nitrogens with one attached hydrogen (secondary N) is 1. The SMILES string of the molecule is CCC(C)C(C)NC(=O)[C@H](N)C(C)C. The van der Waals surface area contributed by atoms with Crippen LogP contribution in [0.2, 0.25) is 0 Å². The van der Waals surface area contributed by atoms with Crippen molar-refractivity contribution in [3.8, 4) is 0 Å². The molecule has 0 radical (unpaired) electrons. The summed E-state index contributed by atoms with van der Waals surface area (Å²) in [7, 11) is 0. The molecule has 0 aliphatic rings. The van der Waals surface area contributed by atoms with Crippen LogP contribution < -0.4 is 11.1 Å². The third-order valence-electron chi connectivity index (χ3n) is 2.89. The second-order valence-electron chi connectivity index (χ2n) is 4.45. The fourth-order valence-corrected chi connectivity index (χ4v) is 1.12. The number of amides is 1. The highest BCUT2D eigenvalue weighted by atomic mass is 16.2. The minimum absolute atomic E-state index is 0.0344. The summed E-state index contributed by atoms with van der Waals surface area (Å²) in [5, 5.41) is 2.95.